The van der Waals surface area contributed by atoms with Crippen LogP contribution in [0.15, 0.2) is 29.2 Å². The zero-order valence-corrected chi connectivity index (χ0v) is 22.0. The molecular weight excluding hydrogens is 478 g/mol. The first kappa shape index (κ1) is 29.5. The third kappa shape index (κ3) is 12.2. The van der Waals surface area contributed by atoms with Gasteiger partial charge < -0.3 is 28.6 Å². The normalized spacial score (nSPS) is 16.9. The molecule has 11 heteroatoms. The lowest BCUT2D eigenvalue weighted by Crippen LogP contribution is -2.47. The van der Waals surface area contributed by atoms with Crippen LogP contribution in [-0.2, 0) is 38.0 Å². The number of rotatable bonds is 14. The Morgan fingerprint density at radius 1 is 0.971 bits per heavy atom. The summed E-state index contributed by atoms with van der Waals surface area (Å²) in [4.78, 5) is 14.0. The third-order valence-corrected chi connectivity index (χ3v) is 6.22. The smallest absolute Gasteiger partial charge is 0.410 e. The molecule has 200 valence electrons. The van der Waals surface area contributed by atoms with Crippen LogP contribution in [0.5, 0.6) is 0 Å². The van der Waals surface area contributed by atoms with Gasteiger partial charge in [-0.1, -0.05) is 17.7 Å². The van der Waals surface area contributed by atoms with Crippen LogP contribution < -0.4 is 0 Å². The van der Waals surface area contributed by atoms with Gasteiger partial charge in [0.15, 0.2) is 0 Å². The summed E-state index contributed by atoms with van der Waals surface area (Å²) in [5.74, 6) is 0. The molecule has 1 fully saturated rings. The van der Waals surface area contributed by atoms with Gasteiger partial charge in [-0.05, 0) is 46.2 Å². The summed E-state index contributed by atoms with van der Waals surface area (Å²) >= 11 is 0. The molecule has 0 bridgehead atoms. The van der Waals surface area contributed by atoms with Crippen molar-refractivity contribution in [1.82, 2.24) is 4.90 Å². The molecule has 1 amide bonds. The maximum absolute atomic E-state index is 12.2. The fourth-order valence-electron chi connectivity index (χ4n) is 3.12. The maximum atomic E-state index is 12.2. The van der Waals surface area contributed by atoms with Crippen molar-refractivity contribution in [3.63, 3.8) is 0 Å². The van der Waals surface area contributed by atoms with Crippen molar-refractivity contribution in [2.45, 2.75) is 50.7 Å². The van der Waals surface area contributed by atoms with Crippen molar-refractivity contribution in [2.75, 3.05) is 65.9 Å². The quantitative estimate of drug-likeness (QED) is 0.272. The third-order valence-electron chi connectivity index (χ3n) is 4.89. The monoisotopic (exact) mass is 517 g/mol. The summed E-state index contributed by atoms with van der Waals surface area (Å²) in [6.07, 6.45) is 0.276. The van der Waals surface area contributed by atoms with E-state index in [-0.39, 0.29) is 30.3 Å². The highest BCUT2D eigenvalue weighted by atomic mass is 32.2. The lowest BCUT2D eigenvalue weighted by Gasteiger charge is -2.34. The minimum absolute atomic E-state index is 0.0616. The second-order valence-electron chi connectivity index (χ2n) is 9.13. The van der Waals surface area contributed by atoms with Gasteiger partial charge in [0.2, 0.25) is 0 Å². The maximum Gasteiger partial charge on any atom is 0.410 e. The summed E-state index contributed by atoms with van der Waals surface area (Å²) in [5.41, 5.74) is 0.456. The highest BCUT2D eigenvalue weighted by molar-refractivity contribution is 7.86. The van der Waals surface area contributed by atoms with Gasteiger partial charge in [-0.3, -0.25) is 4.18 Å². The van der Waals surface area contributed by atoms with E-state index < -0.39 is 15.7 Å². The summed E-state index contributed by atoms with van der Waals surface area (Å²) in [5, 5.41) is 0. The van der Waals surface area contributed by atoms with Gasteiger partial charge in [0.25, 0.3) is 10.1 Å². The summed E-state index contributed by atoms with van der Waals surface area (Å²) in [7, 11) is -3.77. The van der Waals surface area contributed by atoms with Crippen LogP contribution in [0, 0.1) is 6.92 Å². The molecular formula is C24H39NO9S. The van der Waals surface area contributed by atoms with Crippen LogP contribution >= 0.6 is 0 Å². The number of morpholine rings is 1. The molecule has 0 aromatic heterocycles. The summed E-state index contributed by atoms with van der Waals surface area (Å²) in [6, 6.07) is 6.47. The largest absolute Gasteiger partial charge is 0.444 e. The van der Waals surface area contributed by atoms with E-state index in [0.717, 1.165) is 5.56 Å². The molecule has 10 nitrogen and oxygen atoms in total. The van der Waals surface area contributed by atoms with Crippen molar-refractivity contribution in [3.05, 3.63) is 29.8 Å². The number of hydrogen-bond donors (Lipinski definition) is 0. The number of amides is 1. The number of carbonyl (C=O) groups is 1. The predicted octanol–water partition coefficient (Wildman–Crippen LogP) is 2.78. The van der Waals surface area contributed by atoms with Crippen LogP contribution in [0.25, 0.3) is 0 Å². The Morgan fingerprint density at radius 2 is 1.54 bits per heavy atom. The number of ether oxygens (including phenoxy) is 5. The molecule has 1 atom stereocenters. The van der Waals surface area contributed by atoms with Crippen LogP contribution in [0.3, 0.4) is 0 Å². The first-order chi connectivity index (χ1) is 16.6. The van der Waals surface area contributed by atoms with E-state index in [0.29, 0.717) is 59.2 Å². The molecule has 35 heavy (non-hydrogen) atoms. The molecule has 1 unspecified atom stereocenters. The number of carbonyl (C=O) groups excluding carboxylic acids is 1. The summed E-state index contributed by atoms with van der Waals surface area (Å²) in [6.45, 7) is 11.0. The van der Waals surface area contributed by atoms with E-state index in [1.54, 1.807) is 17.0 Å². The molecule has 0 aliphatic carbocycles. The molecule has 0 saturated carbocycles. The van der Waals surface area contributed by atoms with Crippen LogP contribution in [0.2, 0.25) is 0 Å². The number of aryl methyl sites for hydroxylation is 1. The van der Waals surface area contributed by atoms with Gasteiger partial charge in [0.1, 0.15) is 5.60 Å². The highest BCUT2D eigenvalue weighted by Gasteiger charge is 2.27. The lowest BCUT2D eigenvalue weighted by atomic mass is 10.2. The zero-order valence-electron chi connectivity index (χ0n) is 21.2. The van der Waals surface area contributed by atoms with E-state index in [1.165, 1.54) is 12.1 Å². The van der Waals surface area contributed by atoms with E-state index in [1.807, 2.05) is 27.7 Å². The Morgan fingerprint density at radius 3 is 2.14 bits per heavy atom. The average molecular weight is 518 g/mol. The first-order valence-corrected chi connectivity index (χ1v) is 13.3. The lowest BCUT2D eigenvalue weighted by molar-refractivity contribution is -0.0552. The molecule has 1 aromatic carbocycles. The molecule has 1 saturated heterocycles. The Kier molecular flexibility index (Phi) is 12.4. The van der Waals surface area contributed by atoms with Crippen molar-refractivity contribution in [2.24, 2.45) is 0 Å². The molecule has 1 heterocycles. The Labute approximate surface area is 208 Å². The minimum Gasteiger partial charge on any atom is -0.444 e. The fourth-order valence-corrected chi connectivity index (χ4v) is 4.01. The number of benzene rings is 1. The Bertz CT molecular complexity index is 853. The predicted molar refractivity (Wildman–Crippen MR) is 129 cm³/mol. The van der Waals surface area contributed by atoms with Crippen LogP contribution in [-0.4, -0.2) is 97.1 Å². The second kappa shape index (κ2) is 14.7. The summed E-state index contributed by atoms with van der Waals surface area (Å²) < 4.78 is 56.5. The van der Waals surface area contributed by atoms with E-state index >= 15 is 0 Å². The molecule has 2 rings (SSSR count). The second-order valence-corrected chi connectivity index (χ2v) is 10.7. The van der Waals surface area contributed by atoms with Gasteiger partial charge in [0.05, 0.1) is 63.8 Å². The van der Waals surface area contributed by atoms with Crippen molar-refractivity contribution < 1.29 is 41.1 Å². The Hall–Kier alpha value is -1.76. The van der Waals surface area contributed by atoms with E-state index in [2.05, 4.69) is 0 Å². The average Bonchev–Trinajstić information content (AvgIpc) is 2.79. The highest BCUT2D eigenvalue weighted by Crippen LogP contribution is 2.15. The standard InChI is InChI=1S/C24H39NO9S/c1-20-5-7-22(8-6-20)35(27,28)33-18-17-31-16-15-30-14-13-29-11-9-21-19-25(10-12-32-21)23(26)34-24(2,3)4/h5-8,21H,9-19H2,1-4H3. The Balaban J connectivity index is 1.43. The molecule has 0 spiro atoms. The van der Waals surface area contributed by atoms with Gasteiger partial charge in [-0.25, -0.2) is 4.79 Å². The molecule has 0 N–H and O–H groups in total. The van der Waals surface area contributed by atoms with Crippen molar-refractivity contribution in [3.8, 4) is 0 Å². The van der Waals surface area contributed by atoms with Crippen LogP contribution in [0.1, 0.15) is 32.8 Å². The molecule has 1 aromatic rings. The van der Waals surface area contributed by atoms with Gasteiger partial charge >= 0.3 is 6.09 Å². The van der Waals surface area contributed by atoms with Crippen molar-refractivity contribution in [1.29, 1.82) is 0 Å². The van der Waals surface area contributed by atoms with Crippen LogP contribution in [0.4, 0.5) is 4.79 Å². The topological polar surface area (TPSA) is 110 Å². The fraction of sp³-hybridized carbons (Fsp3) is 0.708. The van der Waals surface area contributed by atoms with E-state index in [4.69, 9.17) is 27.9 Å². The SMILES string of the molecule is Cc1ccc(S(=O)(=O)OCCOCCOCCOCCC2CN(C(=O)OC(C)(C)C)CCO2)cc1. The van der Waals surface area contributed by atoms with Gasteiger partial charge in [-0.2, -0.15) is 8.42 Å². The molecule has 1 aliphatic heterocycles. The minimum atomic E-state index is -3.77. The van der Waals surface area contributed by atoms with Gasteiger partial charge in [0, 0.05) is 13.2 Å². The first-order valence-electron chi connectivity index (χ1n) is 11.9. The number of hydrogen-bond acceptors (Lipinski definition) is 9. The molecule has 0 radical (unpaired) electrons. The van der Waals surface area contributed by atoms with Crippen molar-refractivity contribution >= 4 is 16.2 Å². The zero-order chi connectivity index (χ0) is 25.7. The van der Waals surface area contributed by atoms with Gasteiger partial charge in [-0.15, -0.1) is 0 Å². The number of nitrogens with zero attached hydrogens (tertiary/aromatic N) is 1. The van der Waals surface area contributed by atoms with E-state index in [9.17, 15) is 13.2 Å². The molecule has 1 aliphatic rings.